The Bertz CT molecular complexity index is 3450. The highest BCUT2D eigenvalue weighted by Gasteiger charge is 2.45. The van der Waals surface area contributed by atoms with Gasteiger partial charge >= 0.3 is 0 Å². The third kappa shape index (κ3) is 7.52. The van der Waals surface area contributed by atoms with E-state index in [-0.39, 0.29) is 0 Å². The second-order valence-electron chi connectivity index (χ2n) is 18.7. The molecular formula is C67H50N2O2. The average molecular weight is 915 g/mol. The number of rotatable bonds is 10. The molecule has 0 N–H and O–H groups in total. The minimum atomic E-state index is -0.563. The van der Waals surface area contributed by atoms with E-state index in [2.05, 4.69) is 228 Å². The first-order valence-corrected chi connectivity index (χ1v) is 24.4. The van der Waals surface area contributed by atoms with Crippen molar-refractivity contribution in [2.24, 2.45) is 0 Å². The Hall–Kier alpha value is -8.70. The lowest BCUT2D eigenvalue weighted by Crippen LogP contribution is -2.36. The summed E-state index contributed by atoms with van der Waals surface area (Å²) in [5.41, 5.74) is 16.5. The third-order valence-corrected chi connectivity index (χ3v) is 14.9. The van der Waals surface area contributed by atoms with Crippen LogP contribution >= 0.6 is 0 Å². The third-order valence-electron chi connectivity index (χ3n) is 14.9. The molecule has 2 aliphatic carbocycles. The van der Waals surface area contributed by atoms with Crippen LogP contribution in [0.5, 0.6) is 11.5 Å². The van der Waals surface area contributed by atoms with Crippen LogP contribution in [0.15, 0.2) is 207 Å². The molecule has 0 saturated carbocycles. The maximum atomic E-state index is 5.96. The second kappa shape index (κ2) is 18.3. The summed E-state index contributed by atoms with van der Waals surface area (Å²) in [5, 5.41) is 4.57. The zero-order valence-electron chi connectivity index (χ0n) is 39.9. The normalized spacial score (nSPS) is 16.3. The first-order valence-electron chi connectivity index (χ1n) is 24.4. The van der Waals surface area contributed by atoms with Gasteiger partial charge in [0.25, 0.3) is 0 Å². The number of fused-ring (bicyclic) bond motifs is 6. The van der Waals surface area contributed by atoms with Gasteiger partial charge in [-0.2, -0.15) is 0 Å². The molecule has 4 nitrogen and oxygen atoms in total. The van der Waals surface area contributed by atoms with Crippen LogP contribution in [0.3, 0.4) is 0 Å². The van der Waals surface area contributed by atoms with Crippen molar-refractivity contribution in [2.75, 3.05) is 13.2 Å². The van der Waals surface area contributed by atoms with Crippen LogP contribution in [0.25, 0.3) is 21.5 Å². The molecule has 0 saturated heterocycles. The second-order valence-corrected chi connectivity index (χ2v) is 18.7. The fourth-order valence-corrected chi connectivity index (χ4v) is 11.7. The summed E-state index contributed by atoms with van der Waals surface area (Å²) in [6.45, 7) is 4.41. The van der Waals surface area contributed by atoms with Crippen molar-refractivity contribution in [1.29, 1.82) is 0 Å². The smallest absolute Gasteiger partial charge is 0.149 e. The molecule has 12 rings (SSSR count). The molecule has 0 bridgehead atoms. The van der Waals surface area contributed by atoms with Gasteiger partial charge < -0.3 is 9.47 Å². The van der Waals surface area contributed by atoms with Crippen LogP contribution in [0, 0.1) is 23.7 Å². The van der Waals surface area contributed by atoms with Crippen LogP contribution in [-0.2, 0) is 30.1 Å². The highest BCUT2D eigenvalue weighted by molar-refractivity contribution is 5.87. The molecule has 340 valence electrons. The fraction of sp³-hybridized carbons (Fsp3) is 0.134. The predicted molar refractivity (Wildman–Crippen MR) is 286 cm³/mol. The molecule has 0 aliphatic heterocycles. The van der Waals surface area contributed by atoms with Crippen LogP contribution < -0.4 is 9.47 Å². The topological polar surface area (TPSA) is 44.2 Å². The van der Waals surface area contributed by atoms with Gasteiger partial charge in [-0.05, 0) is 181 Å². The molecule has 0 fully saturated rings. The van der Waals surface area contributed by atoms with Crippen molar-refractivity contribution in [2.45, 2.75) is 43.9 Å². The fourth-order valence-electron chi connectivity index (χ4n) is 11.7. The Morgan fingerprint density at radius 1 is 0.408 bits per heavy atom. The molecular weight excluding hydrogens is 865 g/mol. The molecule has 0 amide bonds. The summed E-state index contributed by atoms with van der Waals surface area (Å²) in [5.74, 6) is 13.5. The Balaban J connectivity index is 0.928. The summed E-state index contributed by atoms with van der Waals surface area (Å²) in [4.78, 5) is 9.29. The van der Waals surface area contributed by atoms with Gasteiger partial charge in [-0.3, -0.25) is 9.97 Å². The minimum Gasteiger partial charge on any atom is -0.481 e. The number of nitrogens with zero attached hydrogens (tertiary/aromatic N) is 2. The van der Waals surface area contributed by atoms with Crippen LogP contribution in [0.2, 0.25) is 0 Å². The predicted octanol–water partition coefficient (Wildman–Crippen LogP) is 13.8. The summed E-state index contributed by atoms with van der Waals surface area (Å²) < 4.78 is 11.9. The first kappa shape index (κ1) is 43.6. The zero-order valence-corrected chi connectivity index (χ0v) is 39.9. The molecule has 0 spiro atoms. The van der Waals surface area contributed by atoms with Crippen molar-refractivity contribution >= 4 is 21.5 Å². The molecule has 2 aromatic heterocycles. The maximum Gasteiger partial charge on any atom is 0.149 e. The van der Waals surface area contributed by atoms with Gasteiger partial charge in [0.05, 0.1) is 10.8 Å². The van der Waals surface area contributed by atoms with Crippen molar-refractivity contribution in [3.63, 3.8) is 0 Å². The zero-order chi connectivity index (χ0) is 47.8. The molecule has 8 aromatic carbocycles. The number of aromatic nitrogens is 2. The van der Waals surface area contributed by atoms with Crippen LogP contribution in [0.1, 0.15) is 91.7 Å². The molecule has 0 radical (unpaired) electrons. The molecule has 2 atom stereocenters. The van der Waals surface area contributed by atoms with Crippen molar-refractivity contribution in [3.8, 4) is 35.2 Å². The van der Waals surface area contributed by atoms with E-state index in [0.29, 0.717) is 13.2 Å². The minimum absolute atomic E-state index is 0.371. The monoisotopic (exact) mass is 914 g/mol. The lowest BCUT2D eigenvalue weighted by molar-refractivity contribution is 0.370. The van der Waals surface area contributed by atoms with Gasteiger partial charge in [-0.1, -0.05) is 145 Å². The van der Waals surface area contributed by atoms with Crippen LogP contribution in [-0.4, -0.2) is 23.2 Å². The lowest BCUT2D eigenvalue weighted by Gasteiger charge is -2.42. The summed E-state index contributed by atoms with van der Waals surface area (Å²) >= 11 is 0. The van der Waals surface area contributed by atoms with E-state index in [1.54, 1.807) is 0 Å². The van der Waals surface area contributed by atoms with Gasteiger partial charge in [-0.15, -0.1) is 11.8 Å². The van der Waals surface area contributed by atoms with Gasteiger partial charge in [0, 0.05) is 24.8 Å². The Morgan fingerprint density at radius 2 is 0.803 bits per heavy atom. The highest BCUT2D eigenvalue weighted by Crippen LogP contribution is 2.53. The van der Waals surface area contributed by atoms with E-state index in [0.717, 1.165) is 52.3 Å². The molecule has 2 heterocycles. The molecule has 4 heteroatoms. The van der Waals surface area contributed by atoms with Crippen molar-refractivity contribution in [3.05, 3.63) is 285 Å². The number of hydrogen-bond donors (Lipinski definition) is 0. The van der Waals surface area contributed by atoms with Gasteiger partial charge in [0.2, 0.25) is 0 Å². The standard InChI is InChI=1S/C67H50N2O2/c1-3-5-35-70-60-29-21-48-40-58(27-19-50(48)42-60)66(62-13-9-7-11-52(62)38-54-44-68-33-31-64(54)66)56-23-15-46(16-24-56)37-47-17-25-57(26-18-47)67(63-14-10-8-12-53(63)39-55-45-69-34-32-65(55)67)59-28-20-51-43-61(71-36-6-4-2)30-22-49(51)41-59/h7-34,40-45H,35-39H2,1-2H3. The largest absolute Gasteiger partial charge is 0.481 e. The Kier molecular flexibility index (Phi) is 11.2. The number of pyridine rings is 2. The van der Waals surface area contributed by atoms with E-state index in [4.69, 9.17) is 9.47 Å². The highest BCUT2D eigenvalue weighted by atomic mass is 16.5. The Morgan fingerprint density at radius 3 is 1.25 bits per heavy atom. The van der Waals surface area contributed by atoms with Crippen molar-refractivity contribution < 1.29 is 9.47 Å². The van der Waals surface area contributed by atoms with E-state index < -0.39 is 10.8 Å². The van der Waals surface area contributed by atoms with E-state index >= 15 is 0 Å². The van der Waals surface area contributed by atoms with Crippen molar-refractivity contribution in [1.82, 2.24) is 9.97 Å². The molecule has 2 unspecified atom stereocenters. The first-order chi connectivity index (χ1) is 35.1. The van der Waals surface area contributed by atoms with Gasteiger partial charge in [-0.25, -0.2) is 0 Å². The van der Waals surface area contributed by atoms with E-state index in [9.17, 15) is 0 Å². The summed E-state index contributed by atoms with van der Waals surface area (Å²) in [6, 6.07) is 67.6. The van der Waals surface area contributed by atoms with E-state index in [1.807, 2.05) is 26.2 Å². The molecule has 10 aromatic rings. The maximum absolute atomic E-state index is 5.96. The number of hydrogen-bond acceptors (Lipinski definition) is 4. The van der Waals surface area contributed by atoms with E-state index in [1.165, 1.54) is 77.9 Å². The number of benzene rings is 8. The Labute approximate surface area is 416 Å². The quantitative estimate of drug-likeness (QED) is 0.128. The van der Waals surface area contributed by atoms with Crippen LogP contribution in [0.4, 0.5) is 0 Å². The van der Waals surface area contributed by atoms with Gasteiger partial charge in [0.1, 0.15) is 24.7 Å². The number of ether oxygens (including phenoxy) is 2. The van der Waals surface area contributed by atoms with Gasteiger partial charge in [0.15, 0.2) is 0 Å². The SMILES string of the molecule is CC#CCOc1ccc2cc(C3(c4ccc(Cc5ccc(C6(c7ccc8cc(OCC#CC)ccc8c7)c7ccccc7Cc7cnccc76)cc5)cc4)c4ccccc4Cc4cnccc43)ccc2c1. The molecule has 2 aliphatic rings. The summed E-state index contributed by atoms with van der Waals surface area (Å²) in [7, 11) is 0. The average Bonchev–Trinajstić information content (AvgIpc) is 3.42. The lowest BCUT2D eigenvalue weighted by atomic mass is 9.59. The molecule has 71 heavy (non-hydrogen) atoms. The summed E-state index contributed by atoms with van der Waals surface area (Å²) in [6.07, 6.45) is 10.5.